The highest BCUT2D eigenvalue weighted by atomic mass is 19.2. The second-order valence-corrected chi connectivity index (χ2v) is 13.6. The zero-order chi connectivity index (χ0) is 49.6. The zero-order valence-corrected chi connectivity index (χ0v) is 32.1. The SMILES string of the molecule is Fc1c(F)c(F)c([B-](c2c(F)c(F)c(F)c(F)c2F)(c2c(F)c(F)c(F)c(F)c2F)c2c(F)c(F)c(F)c(F)c2F)c(F)c1F.O=C(Oc1ccccc1)c1cncc[n+]1Cc1ccccc1. The standard InChI is InChI=1S/C24BF20.C18H15N2O2/c26-5-1(6(27)14(35)21(42)13(5)34)25(2-7(28)15(36)22(43)16(37)8(2)29,3-9(30)17(38)23(44)18(39)10(3)31)4-11(32)19(40)24(45)20(41)12(4)33;21-18(22-16-9-5-2-6-10-16)17-13-19-11-12-20(17)14-15-7-3-1-4-8-15/h;1-13H,14H2/q-1;+1. The molecule has 0 saturated heterocycles. The summed E-state index contributed by atoms with van der Waals surface area (Å²) in [6.45, 7) is 0.586. The first kappa shape index (κ1) is 49.0. The fourth-order valence-corrected chi connectivity index (χ4v) is 7.00. The molecule has 7 aromatic rings. The lowest BCUT2D eigenvalue weighted by Crippen LogP contribution is -2.81. The van der Waals surface area contributed by atoms with E-state index < -0.39 is 150 Å². The van der Waals surface area contributed by atoms with E-state index in [1.54, 1.807) is 24.5 Å². The van der Waals surface area contributed by atoms with E-state index in [4.69, 9.17) is 4.74 Å². The average molecular weight is 970 g/mol. The van der Waals surface area contributed by atoms with Gasteiger partial charge in [-0.05, 0) is 12.1 Å². The third-order valence-corrected chi connectivity index (χ3v) is 9.90. The van der Waals surface area contributed by atoms with E-state index in [9.17, 15) is 57.5 Å². The van der Waals surface area contributed by atoms with Crippen LogP contribution < -0.4 is 31.2 Å². The molecule has 7 rings (SSSR count). The molecule has 1 heterocycles. The summed E-state index contributed by atoms with van der Waals surface area (Å²) < 4.78 is 301. The van der Waals surface area contributed by atoms with Gasteiger partial charge in [-0.1, -0.05) is 48.5 Å². The van der Waals surface area contributed by atoms with Crippen molar-refractivity contribution in [2.75, 3.05) is 0 Å². The molecule has 1 aromatic heterocycles. The second kappa shape index (κ2) is 18.8. The summed E-state index contributed by atoms with van der Waals surface area (Å²) in [5, 5.41) is 0. The quantitative estimate of drug-likeness (QED) is 0.0292. The maximum absolute atomic E-state index is 15.4. The Balaban J connectivity index is 0.000000279. The van der Waals surface area contributed by atoms with Gasteiger partial charge in [0.1, 0.15) is 64.6 Å². The minimum absolute atomic E-state index is 0.412. The van der Waals surface area contributed by atoms with Gasteiger partial charge in [-0.3, -0.25) is 4.98 Å². The van der Waals surface area contributed by atoms with Crippen molar-refractivity contribution in [3.05, 3.63) is 207 Å². The Morgan fingerprint density at radius 3 is 1.01 bits per heavy atom. The van der Waals surface area contributed by atoms with Crippen LogP contribution in [0.1, 0.15) is 16.1 Å². The smallest absolute Gasteiger partial charge is 0.410 e. The van der Waals surface area contributed by atoms with Gasteiger partial charge < -0.3 is 4.74 Å². The first-order chi connectivity index (χ1) is 31.5. The van der Waals surface area contributed by atoms with E-state index >= 15 is 35.1 Å². The molecule has 0 aliphatic carbocycles. The molecule has 0 amide bonds. The molecule has 0 aliphatic heterocycles. The Morgan fingerprint density at radius 2 is 0.701 bits per heavy atom. The molecule has 67 heavy (non-hydrogen) atoms. The number of hydrogen-bond acceptors (Lipinski definition) is 3. The van der Waals surface area contributed by atoms with Crippen molar-refractivity contribution in [1.82, 2.24) is 4.98 Å². The highest BCUT2D eigenvalue weighted by Crippen LogP contribution is 2.31. The summed E-state index contributed by atoms with van der Waals surface area (Å²) >= 11 is 0. The van der Waals surface area contributed by atoms with Crippen LogP contribution in [0.4, 0.5) is 87.8 Å². The molecule has 348 valence electrons. The zero-order valence-electron chi connectivity index (χ0n) is 32.1. The minimum Gasteiger partial charge on any atom is -0.419 e. The normalized spacial score (nSPS) is 11.4. The van der Waals surface area contributed by atoms with Crippen molar-refractivity contribution in [2.24, 2.45) is 0 Å². The average Bonchev–Trinajstić information content (AvgIpc) is 3.32. The first-order valence-electron chi connectivity index (χ1n) is 17.9. The Bertz CT molecular complexity index is 2730. The summed E-state index contributed by atoms with van der Waals surface area (Å²) in [6.07, 6.45) is -2.27. The third-order valence-electron chi connectivity index (χ3n) is 9.90. The fraction of sp³-hybridized carbons (Fsp3) is 0.0238. The third kappa shape index (κ3) is 8.15. The minimum atomic E-state index is -7.22. The predicted octanol–water partition coefficient (Wildman–Crippen LogP) is 8.48. The lowest BCUT2D eigenvalue weighted by atomic mass is 9.12. The van der Waals surface area contributed by atoms with Gasteiger partial charge in [-0.2, -0.15) is 4.57 Å². The molecule has 0 unspecified atom stereocenters. The van der Waals surface area contributed by atoms with Crippen LogP contribution in [0, 0.1) is 116 Å². The van der Waals surface area contributed by atoms with Crippen molar-refractivity contribution >= 4 is 34.0 Å². The summed E-state index contributed by atoms with van der Waals surface area (Å²) in [4.78, 5) is 16.4. The van der Waals surface area contributed by atoms with Crippen LogP contribution in [0.15, 0.2) is 79.3 Å². The van der Waals surface area contributed by atoms with Gasteiger partial charge in [0, 0.05) is 5.56 Å². The monoisotopic (exact) mass is 970 g/mol. The molecule has 6 aromatic carbocycles. The van der Waals surface area contributed by atoms with Gasteiger partial charge in [0.05, 0.1) is 6.20 Å². The number of para-hydroxylation sites is 1. The molecular weight excluding hydrogens is 955 g/mol. The van der Waals surface area contributed by atoms with Crippen LogP contribution in [-0.2, 0) is 6.54 Å². The molecule has 0 bridgehead atoms. The second-order valence-electron chi connectivity index (χ2n) is 13.6. The summed E-state index contributed by atoms with van der Waals surface area (Å²) in [5.41, 5.74) is -12.8. The fourth-order valence-electron chi connectivity index (χ4n) is 7.00. The van der Waals surface area contributed by atoms with Crippen molar-refractivity contribution < 1.29 is 102 Å². The maximum atomic E-state index is 15.4. The molecule has 0 saturated carbocycles. The van der Waals surface area contributed by atoms with Gasteiger partial charge in [0.2, 0.25) is 0 Å². The van der Waals surface area contributed by atoms with Crippen LogP contribution >= 0.6 is 0 Å². The number of carbonyl (C=O) groups excluding carboxylic acids is 1. The lowest BCUT2D eigenvalue weighted by Gasteiger charge is -2.44. The Hall–Kier alpha value is -7.47. The van der Waals surface area contributed by atoms with Gasteiger partial charge in [-0.25, -0.2) is 92.6 Å². The number of nitrogens with zero attached hydrogens (tertiary/aromatic N) is 2. The van der Waals surface area contributed by atoms with Crippen molar-refractivity contribution in [3.63, 3.8) is 0 Å². The van der Waals surface area contributed by atoms with E-state index in [0.717, 1.165) is 5.56 Å². The number of ether oxygens (including phenoxy) is 1. The molecular formula is C42H15BF20N2O2. The van der Waals surface area contributed by atoms with Gasteiger partial charge in [0.15, 0.2) is 82.5 Å². The van der Waals surface area contributed by atoms with Crippen LogP contribution in [0.5, 0.6) is 5.75 Å². The number of hydrogen-bond donors (Lipinski definition) is 0. The van der Waals surface area contributed by atoms with Gasteiger partial charge >= 0.3 is 11.7 Å². The largest absolute Gasteiger partial charge is 0.419 e. The van der Waals surface area contributed by atoms with E-state index in [-0.39, 0.29) is 0 Å². The summed E-state index contributed by atoms with van der Waals surface area (Å²) in [6, 6.07) is 18.9. The van der Waals surface area contributed by atoms with Crippen molar-refractivity contribution in [3.8, 4) is 5.75 Å². The molecule has 0 atom stereocenters. The number of carbonyl (C=O) groups is 1. The van der Waals surface area contributed by atoms with E-state index in [2.05, 4.69) is 4.98 Å². The van der Waals surface area contributed by atoms with E-state index in [0.29, 0.717) is 18.0 Å². The van der Waals surface area contributed by atoms with Crippen LogP contribution in [0.2, 0.25) is 0 Å². The van der Waals surface area contributed by atoms with Gasteiger partial charge in [0.25, 0.3) is 0 Å². The molecule has 0 spiro atoms. The number of benzene rings is 6. The molecule has 25 heteroatoms. The Labute approximate surface area is 359 Å². The van der Waals surface area contributed by atoms with E-state index in [1.807, 2.05) is 53.1 Å². The predicted molar refractivity (Wildman–Crippen MR) is 191 cm³/mol. The summed E-state index contributed by atoms with van der Waals surface area (Å²) in [5.74, 6) is -71.3. The van der Waals surface area contributed by atoms with Crippen LogP contribution in [0.25, 0.3) is 0 Å². The Kier molecular flexibility index (Phi) is 13.7. The molecule has 0 aliphatic rings. The molecule has 4 nitrogen and oxygen atoms in total. The van der Waals surface area contributed by atoms with Crippen molar-refractivity contribution in [1.29, 1.82) is 0 Å². The topological polar surface area (TPSA) is 43.1 Å². The number of rotatable bonds is 8. The van der Waals surface area contributed by atoms with Gasteiger partial charge in [-0.15, -0.1) is 21.9 Å². The van der Waals surface area contributed by atoms with Crippen LogP contribution in [0.3, 0.4) is 0 Å². The molecule has 0 radical (unpaired) electrons. The number of esters is 1. The lowest BCUT2D eigenvalue weighted by molar-refractivity contribution is -0.691. The highest BCUT2D eigenvalue weighted by molar-refractivity contribution is 7.20. The molecule has 0 fully saturated rings. The summed E-state index contributed by atoms with van der Waals surface area (Å²) in [7, 11) is 0. The molecule has 0 N–H and O–H groups in total. The number of aromatic nitrogens is 2. The van der Waals surface area contributed by atoms with Crippen LogP contribution in [-0.4, -0.2) is 17.1 Å². The Morgan fingerprint density at radius 1 is 0.418 bits per heavy atom. The maximum Gasteiger partial charge on any atom is 0.410 e. The van der Waals surface area contributed by atoms with E-state index in [1.165, 1.54) is 6.20 Å². The van der Waals surface area contributed by atoms with Crippen molar-refractivity contribution in [2.45, 2.75) is 6.54 Å². The highest BCUT2D eigenvalue weighted by Gasteiger charge is 2.52. The number of halogens is 20. The first-order valence-corrected chi connectivity index (χ1v) is 17.9.